The van der Waals surface area contributed by atoms with Gasteiger partial charge in [0, 0.05) is 56.9 Å². The molecule has 2 aromatic carbocycles. The molecule has 2 amide bonds. The number of hydrogen-bond acceptors (Lipinski definition) is 10. The van der Waals surface area contributed by atoms with Crippen molar-refractivity contribution in [1.82, 2.24) is 34.6 Å². The molecule has 15 nitrogen and oxygen atoms in total. The van der Waals surface area contributed by atoms with E-state index in [1.807, 2.05) is 59.1 Å². The highest BCUT2D eigenvalue weighted by Crippen LogP contribution is 2.39. The van der Waals surface area contributed by atoms with Crippen LogP contribution in [0.3, 0.4) is 0 Å². The van der Waals surface area contributed by atoms with Gasteiger partial charge in [-0.3, -0.25) is 19.4 Å². The van der Waals surface area contributed by atoms with Crippen molar-refractivity contribution in [2.45, 2.75) is 76.9 Å². The van der Waals surface area contributed by atoms with E-state index in [0.717, 1.165) is 111 Å². The molecule has 3 aliphatic rings. The number of aromatic nitrogens is 5. The fourth-order valence-corrected chi connectivity index (χ4v) is 7.98. The number of rotatable bonds is 10. The lowest BCUT2D eigenvalue weighted by Crippen LogP contribution is -2.36. The number of urea groups is 1. The normalized spacial score (nSPS) is 18.5. The third-order valence-corrected chi connectivity index (χ3v) is 11.2. The van der Waals surface area contributed by atoms with Gasteiger partial charge in [-0.1, -0.05) is 56.6 Å². The first kappa shape index (κ1) is 41.8. The van der Waals surface area contributed by atoms with E-state index in [1.54, 1.807) is 4.68 Å². The van der Waals surface area contributed by atoms with Crippen LogP contribution in [-0.2, 0) is 14.9 Å². The van der Waals surface area contributed by atoms with Crippen LogP contribution in [0, 0.1) is 0 Å². The number of carboxylic acid groups (broad SMARTS) is 1. The Labute approximate surface area is 349 Å². The van der Waals surface area contributed by atoms with E-state index >= 15 is 0 Å². The van der Waals surface area contributed by atoms with E-state index in [2.05, 4.69) is 63.5 Å². The van der Waals surface area contributed by atoms with Crippen molar-refractivity contribution in [3.63, 3.8) is 0 Å². The van der Waals surface area contributed by atoms with Gasteiger partial charge >= 0.3 is 6.03 Å². The maximum absolute atomic E-state index is 13.8. The zero-order valence-electron chi connectivity index (χ0n) is 34.0. The third kappa shape index (κ3) is 10.3. The molecule has 0 radical (unpaired) electrons. The van der Waals surface area contributed by atoms with Crippen molar-refractivity contribution < 1.29 is 28.9 Å². The van der Waals surface area contributed by atoms with Crippen molar-refractivity contribution >= 4 is 41.5 Å². The summed E-state index contributed by atoms with van der Waals surface area (Å²) in [5, 5.41) is 27.6. The summed E-state index contributed by atoms with van der Waals surface area (Å²) in [6.45, 7) is 12.7. The molecule has 1 aliphatic carbocycles. The molecule has 16 heteroatoms. The number of carbonyl (C=O) groups is 2. The lowest BCUT2D eigenvalue weighted by Gasteiger charge is -2.32. The number of fused-ring (bicyclic) bond motifs is 2. The van der Waals surface area contributed by atoms with Crippen molar-refractivity contribution in [3.8, 4) is 17.2 Å². The minimum absolute atomic E-state index is 0.171. The summed E-state index contributed by atoms with van der Waals surface area (Å²) >= 11 is 6.61. The topological polar surface area (TPSA) is 161 Å². The van der Waals surface area contributed by atoms with Gasteiger partial charge in [0.1, 0.15) is 30.0 Å². The number of halogens is 1. The molecule has 314 valence electrons. The van der Waals surface area contributed by atoms with Crippen LogP contribution < -0.4 is 25.0 Å². The number of nitrogens with one attached hydrogen (secondary N) is 2. The van der Waals surface area contributed by atoms with Gasteiger partial charge in [0.15, 0.2) is 5.65 Å². The molecule has 0 spiro atoms. The molecule has 8 rings (SSSR count). The molecule has 59 heavy (non-hydrogen) atoms. The summed E-state index contributed by atoms with van der Waals surface area (Å²) in [4.78, 5) is 26.8. The molecule has 0 bridgehead atoms. The lowest BCUT2D eigenvalue weighted by atomic mass is 9.85. The van der Waals surface area contributed by atoms with Crippen molar-refractivity contribution in [1.29, 1.82) is 0 Å². The molecule has 5 aromatic rings. The summed E-state index contributed by atoms with van der Waals surface area (Å²) in [7, 11) is 0. The number of piperidine rings is 1. The Morgan fingerprint density at radius 1 is 0.966 bits per heavy atom. The van der Waals surface area contributed by atoms with Gasteiger partial charge in [-0.15, -0.1) is 10.2 Å². The van der Waals surface area contributed by atoms with E-state index in [4.69, 9.17) is 40.8 Å². The molecule has 2 saturated heterocycles. The number of amides is 2. The van der Waals surface area contributed by atoms with Crippen molar-refractivity contribution in [3.05, 3.63) is 88.7 Å². The fraction of sp³-hybridized carbons (Fsp3) is 0.465. The van der Waals surface area contributed by atoms with E-state index in [-0.39, 0.29) is 30.1 Å². The first-order valence-electron chi connectivity index (χ1n) is 20.4. The van der Waals surface area contributed by atoms with E-state index in [0.29, 0.717) is 29.6 Å². The maximum atomic E-state index is 13.8. The van der Waals surface area contributed by atoms with Crippen molar-refractivity contribution in [2.24, 2.45) is 0 Å². The Bertz CT molecular complexity index is 2190. The number of nitrogens with zero attached hydrogens (tertiary/aromatic N) is 7. The van der Waals surface area contributed by atoms with Crippen LogP contribution >= 0.6 is 11.6 Å². The predicted octanol–water partition coefficient (Wildman–Crippen LogP) is 7.43. The van der Waals surface area contributed by atoms with Crippen LogP contribution in [0.1, 0.15) is 88.3 Å². The van der Waals surface area contributed by atoms with Gasteiger partial charge in [-0.2, -0.15) is 5.10 Å². The van der Waals surface area contributed by atoms with Gasteiger partial charge in [0.25, 0.3) is 6.47 Å². The molecule has 3 N–H and O–H groups in total. The smallest absolute Gasteiger partial charge is 0.320 e. The van der Waals surface area contributed by atoms with Crippen LogP contribution in [0.2, 0.25) is 5.02 Å². The Kier molecular flexibility index (Phi) is 13.5. The van der Waals surface area contributed by atoms with E-state index in [1.165, 1.54) is 6.42 Å². The Morgan fingerprint density at radius 2 is 1.76 bits per heavy atom. The van der Waals surface area contributed by atoms with Crippen LogP contribution in [0.15, 0.2) is 66.9 Å². The molecular weight excluding hydrogens is 774 g/mol. The van der Waals surface area contributed by atoms with Gasteiger partial charge < -0.3 is 29.5 Å². The standard InChI is InChI=1S/C42H52ClN9O4.CH2O2/c1-42(2,3)37-27-39(52(48-37)29-12-14-33(43)36(26-29)55-25-22-49-18-9-23-54-24-21-49)45-40(53)44-34-15-16-35(32-11-6-5-10-31(32)34)56-30-13-17-38-46-47-41(51(38)28-30)50-19-7-4-8-20-50;2-1-3/h5-6,10-14,17,26-28,34-35H,4,7-9,15-16,18-25H2,1-3H3,(H2,44,45,53);1H,(H,2,3)/t34-,35+;/m0./s1. The first-order valence-corrected chi connectivity index (χ1v) is 20.8. The molecule has 0 saturated carbocycles. The molecule has 3 aromatic heterocycles. The fourth-order valence-electron chi connectivity index (χ4n) is 7.81. The van der Waals surface area contributed by atoms with E-state index < -0.39 is 0 Å². The SMILES string of the molecule is CC(C)(C)c1cc(NC(=O)N[C@H]2CC[C@@H](Oc3ccc4nnc(N5CCCCC5)n4c3)c3ccccc32)n(-c2ccc(Cl)c(OCCN3CCCOCC3)c2)n1.O=CO. The summed E-state index contributed by atoms with van der Waals surface area (Å²) in [5.74, 6) is 2.73. The third-order valence-electron chi connectivity index (χ3n) is 10.9. The highest BCUT2D eigenvalue weighted by Gasteiger charge is 2.30. The molecular formula is C43H54ClN9O6. The quantitative estimate of drug-likeness (QED) is 0.120. The van der Waals surface area contributed by atoms with Gasteiger partial charge in [0.2, 0.25) is 5.95 Å². The summed E-state index contributed by atoms with van der Waals surface area (Å²) < 4.78 is 22.2. The van der Waals surface area contributed by atoms with Crippen LogP contribution in [-0.4, -0.2) is 99.4 Å². The second-order valence-corrected chi connectivity index (χ2v) is 16.5. The monoisotopic (exact) mass is 827 g/mol. The van der Waals surface area contributed by atoms with Gasteiger partial charge in [-0.05, 0) is 73.9 Å². The second-order valence-electron chi connectivity index (χ2n) is 16.1. The van der Waals surface area contributed by atoms with Crippen LogP contribution in [0.4, 0.5) is 16.6 Å². The van der Waals surface area contributed by atoms with Gasteiger partial charge in [-0.25, -0.2) is 9.48 Å². The molecule has 5 heterocycles. The van der Waals surface area contributed by atoms with Crippen LogP contribution in [0.5, 0.6) is 11.5 Å². The van der Waals surface area contributed by atoms with Crippen molar-refractivity contribution in [2.75, 3.05) is 62.8 Å². The molecule has 0 unspecified atom stereocenters. The number of benzene rings is 2. The van der Waals surface area contributed by atoms with Gasteiger partial charge in [0.05, 0.1) is 35.2 Å². The Hall–Kier alpha value is -5.38. The largest absolute Gasteiger partial charge is 0.491 e. The minimum atomic E-state index is -0.319. The molecule has 2 fully saturated rings. The molecule has 2 aliphatic heterocycles. The number of carbonyl (C=O) groups excluding carboxylic acids is 1. The second kappa shape index (κ2) is 19.1. The van der Waals surface area contributed by atoms with E-state index in [9.17, 15) is 4.79 Å². The average molecular weight is 828 g/mol. The maximum Gasteiger partial charge on any atom is 0.320 e. The number of anilines is 2. The van der Waals surface area contributed by atoms with Crippen LogP contribution in [0.25, 0.3) is 11.3 Å². The molecule has 2 atom stereocenters. The summed E-state index contributed by atoms with van der Waals surface area (Å²) in [6.07, 6.45) is 7.84. The lowest BCUT2D eigenvalue weighted by molar-refractivity contribution is -0.122. The summed E-state index contributed by atoms with van der Waals surface area (Å²) in [5.41, 5.74) is 4.20. The number of pyridine rings is 1. The zero-order chi connectivity index (χ0) is 41.4. The predicted molar refractivity (Wildman–Crippen MR) is 226 cm³/mol. The first-order chi connectivity index (χ1) is 28.6. The number of ether oxygens (including phenoxy) is 3. The number of hydrogen-bond donors (Lipinski definition) is 3. The average Bonchev–Trinajstić information content (AvgIpc) is 3.76. The Morgan fingerprint density at radius 3 is 2.56 bits per heavy atom. The zero-order valence-corrected chi connectivity index (χ0v) is 34.7. The Balaban J connectivity index is 0.00000171. The minimum Gasteiger partial charge on any atom is -0.491 e. The highest BCUT2D eigenvalue weighted by molar-refractivity contribution is 6.32. The summed E-state index contributed by atoms with van der Waals surface area (Å²) in [6, 6.07) is 19.1. The highest BCUT2D eigenvalue weighted by atomic mass is 35.5.